The van der Waals surface area contributed by atoms with Crippen LogP contribution in [0.15, 0.2) is 30.3 Å². The fraction of sp³-hybridized carbons (Fsp3) is 0.478. The summed E-state index contributed by atoms with van der Waals surface area (Å²) in [6.07, 6.45) is 2.59. The predicted molar refractivity (Wildman–Crippen MR) is 117 cm³/mol. The van der Waals surface area contributed by atoms with Crippen molar-refractivity contribution in [1.29, 1.82) is 0 Å². The highest BCUT2D eigenvalue weighted by molar-refractivity contribution is 5.95. The summed E-state index contributed by atoms with van der Waals surface area (Å²) < 4.78 is 0. The molecule has 1 saturated heterocycles. The molecule has 1 aliphatic rings. The highest BCUT2D eigenvalue weighted by Gasteiger charge is 2.28. The molecule has 1 aliphatic heterocycles. The van der Waals surface area contributed by atoms with E-state index < -0.39 is 0 Å². The number of rotatable bonds is 7. The van der Waals surface area contributed by atoms with Gasteiger partial charge in [-0.15, -0.1) is 0 Å². The van der Waals surface area contributed by atoms with Gasteiger partial charge in [0.25, 0.3) is 5.91 Å². The zero-order valence-electron chi connectivity index (χ0n) is 18.1. The second-order valence-corrected chi connectivity index (χ2v) is 7.91. The van der Waals surface area contributed by atoms with Crippen LogP contribution in [0.1, 0.15) is 53.5 Å². The minimum Gasteiger partial charge on any atom is -0.356 e. The van der Waals surface area contributed by atoms with Gasteiger partial charge in [0.2, 0.25) is 11.9 Å². The van der Waals surface area contributed by atoms with Gasteiger partial charge in [-0.3, -0.25) is 9.59 Å². The van der Waals surface area contributed by atoms with E-state index in [1.165, 1.54) is 0 Å². The maximum atomic E-state index is 13.0. The molecule has 7 heteroatoms. The van der Waals surface area contributed by atoms with Gasteiger partial charge >= 0.3 is 0 Å². The molecular formula is C23H31N5O2. The van der Waals surface area contributed by atoms with E-state index in [9.17, 15) is 9.59 Å². The lowest BCUT2D eigenvalue weighted by Crippen LogP contribution is -2.45. The number of benzene rings is 1. The summed E-state index contributed by atoms with van der Waals surface area (Å²) in [5.74, 6) is 0.496. The highest BCUT2D eigenvalue weighted by atomic mass is 16.2. The molecular weight excluding hydrogens is 378 g/mol. The van der Waals surface area contributed by atoms with Gasteiger partial charge in [0.05, 0.1) is 5.92 Å². The largest absolute Gasteiger partial charge is 0.356 e. The Kier molecular flexibility index (Phi) is 7.38. The van der Waals surface area contributed by atoms with E-state index in [1.54, 1.807) is 4.90 Å². The van der Waals surface area contributed by atoms with Gasteiger partial charge in [-0.1, -0.05) is 19.1 Å². The minimum atomic E-state index is -0.124. The second kappa shape index (κ2) is 10.2. The number of likely N-dealkylation sites (tertiary alicyclic amines) is 1. The fourth-order valence-electron chi connectivity index (χ4n) is 3.75. The average molecular weight is 410 g/mol. The Labute approximate surface area is 178 Å². The van der Waals surface area contributed by atoms with Crippen LogP contribution in [-0.2, 0) is 11.3 Å². The minimum absolute atomic E-state index is 0.0208. The lowest BCUT2D eigenvalue weighted by Gasteiger charge is -2.32. The van der Waals surface area contributed by atoms with E-state index in [1.807, 2.05) is 51.1 Å². The van der Waals surface area contributed by atoms with Crippen molar-refractivity contribution in [1.82, 2.24) is 20.2 Å². The van der Waals surface area contributed by atoms with E-state index in [0.29, 0.717) is 37.7 Å². The SMILES string of the molecule is CCCNC(=O)[C@@H]1CCCN(C(=O)c2cccc(CNc3nc(C)cc(C)n3)c2)C1. The van der Waals surface area contributed by atoms with Gasteiger partial charge in [-0.2, -0.15) is 0 Å². The van der Waals surface area contributed by atoms with E-state index in [0.717, 1.165) is 36.2 Å². The standard InChI is InChI=1S/C23H31N5O2/c1-4-10-24-21(29)20-9-6-11-28(15-20)22(30)19-8-5-7-18(13-19)14-25-23-26-16(2)12-17(3)27-23/h5,7-8,12-13,20H,4,6,9-11,14-15H2,1-3H3,(H,24,29)(H,25,26,27)/t20-/m1/s1. The van der Waals surface area contributed by atoms with Crippen LogP contribution >= 0.6 is 0 Å². The molecule has 0 saturated carbocycles. The van der Waals surface area contributed by atoms with Gasteiger partial charge in [0.1, 0.15) is 0 Å². The molecule has 0 aliphatic carbocycles. The maximum absolute atomic E-state index is 13.0. The summed E-state index contributed by atoms with van der Waals surface area (Å²) in [6.45, 7) is 8.29. The molecule has 160 valence electrons. The Hall–Kier alpha value is -2.96. The molecule has 30 heavy (non-hydrogen) atoms. The first-order valence-corrected chi connectivity index (χ1v) is 10.7. The van der Waals surface area contributed by atoms with E-state index in [4.69, 9.17) is 0 Å². The normalized spacial score (nSPS) is 16.2. The molecule has 0 unspecified atom stereocenters. The number of anilines is 1. The van der Waals surface area contributed by atoms with Crippen molar-refractivity contribution in [3.63, 3.8) is 0 Å². The number of nitrogens with zero attached hydrogens (tertiary/aromatic N) is 3. The molecule has 1 aromatic heterocycles. The summed E-state index contributed by atoms with van der Waals surface area (Å²) in [7, 11) is 0. The number of hydrogen-bond donors (Lipinski definition) is 2. The van der Waals surface area contributed by atoms with Crippen molar-refractivity contribution in [3.8, 4) is 0 Å². The average Bonchev–Trinajstić information content (AvgIpc) is 2.75. The van der Waals surface area contributed by atoms with Crippen molar-refractivity contribution < 1.29 is 9.59 Å². The third kappa shape index (κ3) is 5.78. The molecule has 2 heterocycles. The molecule has 1 aromatic carbocycles. The molecule has 0 radical (unpaired) electrons. The summed E-state index contributed by atoms with van der Waals surface area (Å²) in [5.41, 5.74) is 3.45. The summed E-state index contributed by atoms with van der Waals surface area (Å²) >= 11 is 0. The number of aryl methyl sites for hydroxylation is 2. The second-order valence-electron chi connectivity index (χ2n) is 7.91. The molecule has 2 N–H and O–H groups in total. The van der Waals surface area contributed by atoms with Crippen molar-refractivity contribution in [2.75, 3.05) is 25.0 Å². The Morgan fingerprint density at radius 1 is 1.17 bits per heavy atom. The van der Waals surface area contributed by atoms with Crippen LogP contribution in [0, 0.1) is 19.8 Å². The van der Waals surface area contributed by atoms with Crippen LogP contribution in [-0.4, -0.2) is 46.3 Å². The van der Waals surface area contributed by atoms with E-state index in [-0.39, 0.29) is 17.7 Å². The quantitative estimate of drug-likeness (QED) is 0.734. The summed E-state index contributed by atoms with van der Waals surface area (Å²) in [5, 5.41) is 6.18. The molecule has 0 spiro atoms. The number of hydrogen-bond acceptors (Lipinski definition) is 5. The number of nitrogens with one attached hydrogen (secondary N) is 2. The smallest absolute Gasteiger partial charge is 0.253 e. The lowest BCUT2D eigenvalue weighted by atomic mass is 9.96. The van der Waals surface area contributed by atoms with Gasteiger partial charge in [-0.05, 0) is 56.9 Å². The third-order valence-corrected chi connectivity index (χ3v) is 5.24. The fourth-order valence-corrected chi connectivity index (χ4v) is 3.75. The molecule has 3 rings (SSSR count). The first kappa shape index (κ1) is 21.7. The van der Waals surface area contributed by atoms with Crippen LogP contribution in [0.2, 0.25) is 0 Å². The highest BCUT2D eigenvalue weighted by Crippen LogP contribution is 2.20. The van der Waals surface area contributed by atoms with Gasteiger partial charge < -0.3 is 15.5 Å². The molecule has 7 nitrogen and oxygen atoms in total. The summed E-state index contributed by atoms with van der Waals surface area (Å²) in [4.78, 5) is 35.9. The van der Waals surface area contributed by atoms with Gasteiger partial charge in [0.15, 0.2) is 0 Å². The van der Waals surface area contributed by atoms with Gasteiger partial charge in [0, 0.05) is 43.1 Å². The van der Waals surface area contributed by atoms with Gasteiger partial charge in [-0.25, -0.2) is 9.97 Å². The molecule has 2 aromatic rings. The lowest BCUT2D eigenvalue weighted by molar-refractivity contribution is -0.126. The molecule has 1 fully saturated rings. The van der Waals surface area contributed by atoms with Crippen LogP contribution < -0.4 is 10.6 Å². The summed E-state index contributed by atoms with van der Waals surface area (Å²) in [6, 6.07) is 9.53. The van der Waals surface area contributed by atoms with Crippen molar-refractivity contribution >= 4 is 17.8 Å². The molecule has 0 bridgehead atoms. The van der Waals surface area contributed by atoms with Crippen LogP contribution in [0.4, 0.5) is 5.95 Å². The number of carbonyl (C=O) groups excluding carboxylic acids is 2. The number of amides is 2. The van der Waals surface area contributed by atoms with Crippen LogP contribution in [0.5, 0.6) is 0 Å². The molecule has 1 atom stereocenters. The number of piperidine rings is 1. The van der Waals surface area contributed by atoms with E-state index >= 15 is 0 Å². The van der Waals surface area contributed by atoms with Crippen molar-refractivity contribution in [2.24, 2.45) is 5.92 Å². The zero-order chi connectivity index (χ0) is 21.5. The Balaban J connectivity index is 1.63. The van der Waals surface area contributed by atoms with Crippen LogP contribution in [0.3, 0.4) is 0 Å². The van der Waals surface area contributed by atoms with Crippen LogP contribution in [0.25, 0.3) is 0 Å². The topological polar surface area (TPSA) is 87.2 Å². The van der Waals surface area contributed by atoms with Crippen molar-refractivity contribution in [2.45, 2.75) is 46.6 Å². The van der Waals surface area contributed by atoms with Crippen molar-refractivity contribution in [3.05, 3.63) is 52.8 Å². The maximum Gasteiger partial charge on any atom is 0.253 e. The predicted octanol–water partition coefficient (Wildman–Crippen LogP) is 3.08. The Morgan fingerprint density at radius 3 is 2.67 bits per heavy atom. The molecule has 2 amide bonds. The first-order chi connectivity index (χ1) is 14.5. The third-order valence-electron chi connectivity index (χ3n) is 5.24. The number of carbonyl (C=O) groups is 2. The Morgan fingerprint density at radius 2 is 1.93 bits per heavy atom. The zero-order valence-corrected chi connectivity index (χ0v) is 18.1. The monoisotopic (exact) mass is 409 g/mol. The van der Waals surface area contributed by atoms with E-state index in [2.05, 4.69) is 20.6 Å². The number of aromatic nitrogens is 2. The Bertz CT molecular complexity index is 879. The first-order valence-electron chi connectivity index (χ1n) is 10.7.